The average molecular weight is 327 g/mol. The number of likely N-dealkylation sites (N-methyl/N-ethyl adjacent to an activating group) is 1. The number of hydrogen-bond donors (Lipinski definition) is 0. The molecule has 0 aliphatic carbocycles. The molecule has 23 heavy (non-hydrogen) atoms. The highest BCUT2D eigenvalue weighted by Crippen LogP contribution is 2.32. The van der Waals surface area contributed by atoms with E-state index in [1.54, 1.807) is 0 Å². The molecule has 2 saturated heterocycles. The zero-order chi connectivity index (χ0) is 15.6. The number of benzene rings is 1. The third-order valence-corrected chi connectivity index (χ3v) is 6.40. The molecule has 3 heterocycles. The summed E-state index contributed by atoms with van der Waals surface area (Å²) in [5, 5.41) is 1.15. The van der Waals surface area contributed by atoms with Crippen LogP contribution in [0.25, 0.3) is 10.6 Å². The Morgan fingerprint density at radius 2 is 1.87 bits per heavy atom. The summed E-state index contributed by atoms with van der Waals surface area (Å²) < 4.78 is 0. The lowest BCUT2D eigenvalue weighted by molar-refractivity contribution is 0.148. The SMILES string of the molecule is CN1CCC[C@H]1[C@H]1CCCN1Cc1cnc(-c2ccccc2)s1. The summed E-state index contributed by atoms with van der Waals surface area (Å²) in [6.07, 6.45) is 7.53. The van der Waals surface area contributed by atoms with Crippen molar-refractivity contribution in [1.29, 1.82) is 0 Å². The lowest BCUT2D eigenvalue weighted by Crippen LogP contribution is -2.44. The summed E-state index contributed by atoms with van der Waals surface area (Å²) in [5.41, 5.74) is 1.23. The van der Waals surface area contributed by atoms with Crippen molar-refractivity contribution < 1.29 is 0 Å². The molecular weight excluding hydrogens is 302 g/mol. The lowest BCUT2D eigenvalue weighted by Gasteiger charge is -2.32. The smallest absolute Gasteiger partial charge is 0.123 e. The second-order valence-electron chi connectivity index (χ2n) is 6.87. The van der Waals surface area contributed by atoms with E-state index in [9.17, 15) is 0 Å². The van der Waals surface area contributed by atoms with Gasteiger partial charge in [0.25, 0.3) is 0 Å². The molecule has 3 nitrogen and oxygen atoms in total. The maximum Gasteiger partial charge on any atom is 0.123 e. The molecule has 122 valence electrons. The minimum Gasteiger partial charge on any atom is -0.302 e. The maximum atomic E-state index is 4.65. The number of likely N-dealkylation sites (tertiary alicyclic amines) is 2. The van der Waals surface area contributed by atoms with Crippen molar-refractivity contribution in [1.82, 2.24) is 14.8 Å². The van der Waals surface area contributed by atoms with Crippen LogP contribution in [0.3, 0.4) is 0 Å². The number of rotatable bonds is 4. The largest absolute Gasteiger partial charge is 0.302 e. The van der Waals surface area contributed by atoms with Crippen LogP contribution in [0.5, 0.6) is 0 Å². The molecule has 1 aromatic carbocycles. The van der Waals surface area contributed by atoms with Gasteiger partial charge >= 0.3 is 0 Å². The van der Waals surface area contributed by atoms with Gasteiger partial charge in [-0.25, -0.2) is 4.98 Å². The average Bonchev–Trinajstić information content (AvgIpc) is 3.30. The van der Waals surface area contributed by atoms with Gasteiger partial charge in [-0.05, 0) is 45.8 Å². The highest BCUT2D eigenvalue weighted by atomic mass is 32.1. The van der Waals surface area contributed by atoms with E-state index < -0.39 is 0 Å². The van der Waals surface area contributed by atoms with Crippen molar-refractivity contribution in [2.75, 3.05) is 20.1 Å². The van der Waals surface area contributed by atoms with Gasteiger partial charge in [0, 0.05) is 35.3 Å². The summed E-state index contributed by atoms with van der Waals surface area (Å²) in [4.78, 5) is 11.3. The van der Waals surface area contributed by atoms with E-state index in [1.807, 2.05) is 11.3 Å². The Morgan fingerprint density at radius 3 is 2.65 bits per heavy atom. The first-order valence-electron chi connectivity index (χ1n) is 8.76. The van der Waals surface area contributed by atoms with Crippen LogP contribution in [-0.4, -0.2) is 47.0 Å². The van der Waals surface area contributed by atoms with Crippen LogP contribution in [0.15, 0.2) is 36.5 Å². The van der Waals surface area contributed by atoms with Gasteiger partial charge in [0.2, 0.25) is 0 Å². The maximum absolute atomic E-state index is 4.65. The molecule has 2 aliphatic heterocycles. The first-order valence-corrected chi connectivity index (χ1v) is 9.57. The van der Waals surface area contributed by atoms with Crippen LogP contribution in [0.1, 0.15) is 30.6 Å². The summed E-state index contributed by atoms with van der Waals surface area (Å²) in [6.45, 7) is 3.58. The van der Waals surface area contributed by atoms with Crippen molar-refractivity contribution in [2.45, 2.75) is 44.3 Å². The fraction of sp³-hybridized carbons (Fsp3) is 0.526. The molecular formula is C19H25N3S. The topological polar surface area (TPSA) is 19.4 Å². The molecule has 0 unspecified atom stereocenters. The van der Waals surface area contributed by atoms with Crippen molar-refractivity contribution >= 4 is 11.3 Å². The number of nitrogens with zero attached hydrogens (tertiary/aromatic N) is 3. The lowest BCUT2D eigenvalue weighted by atomic mass is 10.0. The molecule has 1 aromatic heterocycles. The van der Waals surface area contributed by atoms with Crippen LogP contribution in [-0.2, 0) is 6.54 Å². The Bertz CT molecular complexity index is 639. The second-order valence-corrected chi connectivity index (χ2v) is 7.98. The van der Waals surface area contributed by atoms with Crippen LogP contribution in [0.2, 0.25) is 0 Å². The molecule has 0 N–H and O–H groups in total. The summed E-state index contributed by atoms with van der Waals surface area (Å²) >= 11 is 1.85. The number of hydrogen-bond acceptors (Lipinski definition) is 4. The van der Waals surface area contributed by atoms with Crippen LogP contribution < -0.4 is 0 Å². The Balaban J connectivity index is 1.46. The Hall–Kier alpha value is -1.23. The van der Waals surface area contributed by atoms with Crippen LogP contribution in [0, 0.1) is 0 Å². The second kappa shape index (κ2) is 6.71. The standard InChI is InChI=1S/C19H25N3S/c1-21-11-5-9-17(21)18-10-6-12-22(18)14-16-13-20-19(23-16)15-7-3-2-4-8-15/h2-4,7-8,13,17-18H,5-6,9-12,14H2,1H3/t17-,18+/m0/s1. The molecule has 0 bridgehead atoms. The summed E-state index contributed by atoms with van der Waals surface area (Å²) in [6, 6.07) is 12.0. The predicted molar refractivity (Wildman–Crippen MR) is 96.6 cm³/mol. The fourth-order valence-corrected chi connectivity index (χ4v) is 5.14. The van der Waals surface area contributed by atoms with Crippen molar-refractivity contribution in [3.8, 4) is 10.6 Å². The minimum absolute atomic E-state index is 0.741. The molecule has 0 radical (unpaired) electrons. The van der Waals surface area contributed by atoms with Gasteiger partial charge in [0.15, 0.2) is 0 Å². The number of aromatic nitrogens is 1. The van der Waals surface area contributed by atoms with Crippen LogP contribution in [0.4, 0.5) is 0 Å². The number of thiazole rings is 1. The molecule has 0 saturated carbocycles. The zero-order valence-electron chi connectivity index (χ0n) is 13.8. The van der Waals surface area contributed by atoms with Gasteiger partial charge in [-0.15, -0.1) is 11.3 Å². The van der Waals surface area contributed by atoms with Gasteiger partial charge in [-0.2, -0.15) is 0 Å². The highest BCUT2D eigenvalue weighted by Gasteiger charge is 2.36. The molecule has 4 heteroatoms. The highest BCUT2D eigenvalue weighted by molar-refractivity contribution is 7.15. The molecule has 2 aliphatic rings. The summed E-state index contributed by atoms with van der Waals surface area (Å²) in [5.74, 6) is 0. The van der Waals surface area contributed by atoms with Crippen molar-refractivity contribution in [3.63, 3.8) is 0 Å². The third kappa shape index (κ3) is 3.21. The van der Waals surface area contributed by atoms with Gasteiger partial charge < -0.3 is 4.90 Å². The van der Waals surface area contributed by atoms with Gasteiger partial charge in [0.1, 0.15) is 5.01 Å². The molecule has 4 rings (SSSR count). The van der Waals surface area contributed by atoms with E-state index in [2.05, 4.69) is 58.4 Å². The Morgan fingerprint density at radius 1 is 1.09 bits per heavy atom. The molecule has 0 amide bonds. The molecule has 2 aromatic rings. The van der Waals surface area contributed by atoms with Crippen LogP contribution >= 0.6 is 11.3 Å². The van der Waals surface area contributed by atoms with Gasteiger partial charge in [-0.3, -0.25) is 4.90 Å². The molecule has 2 fully saturated rings. The Labute approximate surface area is 143 Å². The third-order valence-electron chi connectivity index (χ3n) is 5.37. The Kier molecular flexibility index (Phi) is 4.47. The fourth-order valence-electron chi connectivity index (χ4n) is 4.20. The first kappa shape index (κ1) is 15.3. The van der Waals surface area contributed by atoms with E-state index in [1.165, 1.54) is 49.2 Å². The quantitative estimate of drug-likeness (QED) is 0.850. The monoisotopic (exact) mass is 327 g/mol. The summed E-state index contributed by atoms with van der Waals surface area (Å²) in [7, 11) is 2.30. The van der Waals surface area contributed by atoms with E-state index in [-0.39, 0.29) is 0 Å². The van der Waals surface area contributed by atoms with E-state index >= 15 is 0 Å². The minimum atomic E-state index is 0.741. The van der Waals surface area contributed by atoms with E-state index in [0.717, 1.165) is 23.6 Å². The normalized spacial score (nSPS) is 26.1. The molecule has 0 spiro atoms. The predicted octanol–water partition coefficient (Wildman–Crippen LogP) is 3.87. The van der Waals surface area contributed by atoms with E-state index in [4.69, 9.17) is 0 Å². The van der Waals surface area contributed by atoms with Crippen molar-refractivity contribution in [2.24, 2.45) is 0 Å². The van der Waals surface area contributed by atoms with E-state index in [0.29, 0.717) is 0 Å². The van der Waals surface area contributed by atoms with Crippen molar-refractivity contribution in [3.05, 3.63) is 41.4 Å². The van der Waals surface area contributed by atoms with Gasteiger partial charge in [0.05, 0.1) is 0 Å². The zero-order valence-corrected chi connectivity index (χ0v) is 14.6. The van der Waals surface area contributed by atoms with Gasteiger partial charge in [-0.1, -0.05) is 30.3 Å². The first-order chi connectivity index (χ1) is 11.3. The molecule has 2 atom stereocenters.